The summed E-state index contributed by atoms with van der Waals surface area (Å²) in [6.45, 7) is 5.31. The van der Waals surface area contributed by atoms with E-state index < -0.39 is 15.9 Å². The van der Waals surface area contributed by atoms with Gasteiger partial charge in [0.05, 0.1) is 22.2 Å². The number of anilines is 2. The van der Waals surface area contributed by atoms with Crippen molar-refractivity contribution in [1.29, 1.82) is 0 Å². The highest BCUT2D eigenvalue weighted by atomic mass is 32.2. The number of nitrogens with zero attached hydrogens (tertiary/aromatic N) is 1. The van der Waals surface area contributed by atoms with E-state index in [0.29, 0.717) is 17.1 Å². The van der Waals surface area contributed by atoms with Gasteiger partial charge in [-0.3, -0.25) is 14.3 Å². The molecule has 0 aliphatic carbocycles. The van der Waals surface area contributed by atoms with Crippen molar-refractivity contribution in [3.8, 4) is 0 Å². The summed E-state index contributed by atoms with van der Waals surface area (Å²) in [5.74, 6) is -0.213. The van der Waals surface area contributed by atoms with E-state index >= 15 is 0 Å². The molecule has 1 fully saturated rings. The van der Waals surface area contributed by atoms with E-state index in [0.717, 1.165) is 42.0 Å². The van der Waals surface area contributed by atoms with Gasteiger partial charge in [-0.15, -0.1) is 11.8 Å². The number of hydrogen-bond donors (Lipinski definition) is 2. The lowest BCUT2D eigenvalue weighted by atomic mass is 10.1. The Morgan fingerprint density at radius 1 is 1.19 bits per heavy atom. The number of nitrogens with one attached hydrogen (secondary N) is 2. The van der Waals surface area contributed by atoms with E-state index in [2.05, 4.69) is 10.0 Å². The third kappa shape index (κ3) is 4.78. The van der Waals surface area contributed by atoms with Gasteiger partial charge in [0.15, 0.2) is 0 Å². The van der Waals surface area contributed by atoms with Gasteiger partial charge in [-0.2, -0.15) is 0 Å². The summed E-state index contributed by atoms with van der Waals surface area (Å²) in [5, 5.41) is 2.84. The Labute approximate surface area is 193 Å². The van der Waals surface area contributed by atoms with Crippen LogP contribution in [-0.4, -0.2) is 44.0 Å². The standard InChI is InChI=1S/C23H27N3O4S2/c1-15-6-5-7-19(16(15)2)25-32(29,30)18-8-9-21-20(13-18)24-23(28)17(14-31-21)12-22(27)26-10-3-4-11-26/h5-9,13,17,25H,3-4,10-12,14H2,1-2H3,(H,24,28)/t17-/m0/s1. The van der Waals surface area contributed by atoms with Crippen LogP contribution in [0.1, 0.15) is 30.4 Å². The van der Waals surface area contributed by atoms with Gasteiger partial charge in [-0.05, 0) is 62.1 Å². The van der Waals surface area contributed by atoms with E-state index in [1.54, 1.807) is 24.3 Å². The second kappa shape index (κ2) is 9.15. The Morgan fingerprint density at radius 2 is 1.94 bits per heavy atom. The number of carbonyl (C=O) groups is 2. The number of benzene rings is 2. The van der Waals surface area contributed by atoms with E-state index in [1.807, 2.05) is 24.8 Å². The first kappa shape index (κ1) is 22.7. The summed E-state index contributed by atoms with van der Waals surface area (Å²) in [4.78, 5) is 28.0. The van der Waals surface area contributed by atoms with Crippen LogP contribution < -0.4 is 10.0 Å². The fourth-order valence-corrected chi connectivity index (χ4v) is 6.15. The van der Waals surface area contributed by atoms with Gasteiger partial charge in [0.25, 0.3) is 10.0 Å². The lowest BCUT2D eigenvalue weighted by Crippen LogP contribution is -2.33. The smallest absolute Gasteiger partial charge is 0.261 e. The molecular weight excluding hydrogens is 446 g/mol. The summed E-state index contributed by atoms with van der Waals surface area (Å²) < 4.78 is 28.6. The maximum Gasteiger partial charge on any atom is 0.261 e. The van der Waals surface area contributed by atoms with Gasteiger partial charge >= 0.3 is 0 Å². The lowest BCUT2D eigenvalue weighted by molar-refractivity contribution is -0.133. The van der Waals surface area contributed by atoms with E-state index in [4.69, 9.17) is 0 Å². The van der Waals surface area contributed by atoms with Crippen LogP contribution >= 0.6 is 11.8 Å². The largest absolute Gasteiger partial charge is 0.343 e. The van der Waals surface area contributed by atoms with Crippen molar-refractivity contribution in [3.05, 3.63) is 47.5 Å². The minimum absolute atomic E-state index is 0.00944. The van der Waals surface area contributed by atoms with Crippen LogP contribution in [0.25, 0.3) is 0 Å². The number of carbonyl (C=O) groups excluding carboxylic acids is 2. The van der Waals surface area contributed by atoms with Gasteiger partial charge in [0, 0.05) is 30.2 Å². The van der Waals surface area contributed by atoms with Crippen molar-refractivity contribution in [1.82, 2.24) is 4.90 Å². The summed E-state index contributed by atoms with van der Waals surface area (Å²) >= 11 is 1.46. The molecule has 4 rings (SSSR count). The van der Waals surface area contributed by atoms with Crippen LogP contribution in [0.4, 0.5) is 11.4 Å². The number of rotatable bonds is 5. The summed E-state index contributed by atoms with van der Waals surface area (Å²) in [5.41, 5.74) is 2.84. The zero-order valence-corrected chi connectivity index (χ0v) is 19.8. The molecule has 0 spiro atoms. The fraction of sp³-hybridized carbons (Fsp3) is 0.391. The second-order valence-corrected chi connectivity index (χ2v) is 11.0. The highest BCUT2D eigenvalue weighted by Gasteiger charge is 2.30. The molecule has 9 heteroatoms. The average molecular weight is 474 g/mol. The van der Waals surface area contributed by atoms with Gasteiger partial charge < -0.3 is 10.2 Å². The molecule has 2 aromatic carbocycles. The summed E-state index contributed by atoms with van der Waals surface area (Å²) in [6, 6.07) is 10.2. The molecule has 2 aliphatic rings. The molecule has 2 aromatic rings. The van der Waals surface area contributed by atoms with Crippen LogP contribution in [0, 0.1) is 19.8 Å². The minimum Gasteiger partial charge on any atom is -0.343 e. The zero-order chi connectivity index (χ0) is 22.9. The maximum absolute atomic E-state index is 13.0. The number of amides is 2. The molecule has 7 nitrogen and oxygen atoms in total. The first-order valence-corrected chi connectivity index (χ1v) is 13.2. The monoisotopic (exact) mass is 473 g/mol. The van der Waals surface area contributed by atoms with Gasteiger partial charge in [0.2, 0.25) is 11.8 Å². The van der Waals surface area contributed by atoms with Gasteiger partial charge in [-0.1, -0.05) is 12.1 Å². The highest BCUT2D eigenvalue weighted by molar-refractivity contribution is 7.99. The summed E-state index contributed by atoms with van der Waals surface area (Å²) in [6.07, 6.45) is 2.19. The van der Waals surface area contributed by atoms with Gasteiger partial charge in [-0.25, -0.2) is 8.42 Å². The summed E-state index contributed by atoms with van der Waals surface area (Å²) in [7, 11) is -3.83. The molecular formula is C23H27N3O4S2. The molecule has 0 aromatic heterocycles. The van der Waals surface area contributed by atoms with Crippen LogP contribution in [-0.2, 0) is 19.6 Å². The van der Waals surface area contributed by atoms with Crippen molar-refractivity contribution >= 4 is 45.0 Å². The van der Waals surface area contributed by atoms with Crippen LogP contribution in [0.5, 0.6) is 0 Å². The second-order valence-electron chi connectivity index (χ2n) is 8.30. The quantitative estimate of drug-likeness (QED) is 0.689. The predicted molar refractivity (Wildman–Crippen MR) is 126 cm³/mol. The van der Waals surface area contributed by atoms with Crippen molar-refractivity contribution in [2.45, 2.75) is 42.9 Å². The van der Waals surface area contributed by atoms with Crippen molar-refractivity contribution in [2.24, 2.45) is 5.92 Å². The molecule has 32 heavy (non-hydrogen) atoms. The number of likely N-dealkylation sites (tertiary alicyclic amines) is 1. The van der Waals surface area contributed by atoms with E-state index in [1.165, 1.54) is 17.8 Å². The number of fused-ring (bicyclic) bond motifs is 1. The molecule has 170 valence electrons. The Kier molecular flexibility index (Phi) is 6.48. The highest BCUT2D eigenvalue weighted by Crippen LogP contribution is 2.36. The SMILES string of the molecule is Cc1cccc(NS(=O)(=O)c2ccc3c(c2)NC(=O)[C@@H](CC(=O)N2CCCC2)CS3)c1C. The Morgan fingerprint density at radius 3 is 2.69 bits per heavy atom. The van der Waals surface area contributed by atoms with Crippen molar-refractivity contribution in [2.75, 3.05) is 28.9 Å². The molecule has 0 saturated carbocycles. The Balaban J connectivity index is 1.51. The first-order chi connectivity index (χ1) is 15.2. The van der Waals surface area contributed by atoms with Crippen molar-refractivity contribution in [3.63, 3.8) is 0 Å². The number of hydrogen-bond acceptors (Lipinski definition) is 5. The lowest BCUT2D eigenvalue weighted by Gasteiger charge is -2.18. The molecule has 2 N–H and O–H groups in total. The van der Waals surface area contributed by atoms with Crippen LogP contribution in [0.15, 0.2) is 46.2 Å². The minimum atomic E-state index is -3.83. The Bertz CT molecular complexity index is 1160. The molecule has 2 aliphatic heterocycles. The maximum atomic E-state index is 13.0. The van der Waals surface area contributed by atoms with Gasteiger partial charge in [0.1, 0.15) is 0 Å². The third-order valence-electron chi connectivity index (χ3n) is 6.06. The fourth-order valence-electron chi connectivity index (χ4n) is 3.92. The van der Waals surface area contributed by atoms with E-state index in [-0.39, 0.29) is 23.1 Å². The zero-order valence-electron chi connectivity index (χ0n) is 18.2. The average Bonchev–Trinajstić information content (AvgIpc) is 3.25. The van der Waals surface area contributed by atoms with Crippen molar-refractivity contribution < 1.29 is 18.0 Å². The first-order valence-electron chi connectivity index (χ1n) is 10.7. The topological polar surface area (TPSA) is 95.6 Å². The molecule has 1 saturated heterocycles. The normalized spacial score (nSPS) is 18.6. The van der Waals surface area contributed by atoms with Crippen LogP contribution in [0.2, 0.25) is 0 Å². The number of sulfonamides is 1. The molecule has 0 radical (unpaired) electrons. The molecule has 1 atom stereocenters. The molecule has 2 amide bonds. The Hall–Kier alpha value is -2.52. The molecule has 0 unspecified atom stereocenters. The van der Waals surface area contributed by atoms with Crippen LogP contribution in [0.3, 0.4) is 0 Å². The predicted octanol–water partition coefficient (Wildman–Crippen LogP) is 3.78. The molecule has 0 bridgehead atoms. The number of aryl methyl sites for hydroxylation is 1. The third-order valence-corrected chi connectivity index (χ3v) is 8.66. The van der Waals surface area contributed by atoms with E-state index in [9.17, 15) is 18.0 Å². The number of thioether (sulfide) groups is 1. The molecule has 2 heterocycles.